The minimum Gasteiger partial charge on any atom is -0.497 e. The highest BCUT2D eigenvalue weighted by Crippen LogP contribution is 2.40. The lowest BCUT2D eigenvalue weighted by molar-refractivity contribution is -0.135. The number of fused-ring (bicyclic) bond motifs is 1. The minimum atomic E-state index is -0.637. The van der Waals surface area contributed by atoms with Gasteiger partial charge in [0.1, 0.15) is 36.0 Å². The first-order chi connectivity index (χ1) is 16.0. The number of amides is 2. The molecule has 1 fully saturated rings. The van der Waals surface area contributed by atoms with Crippen LogP contribution in [0, 0.1) is 6.92 Å². The summed E-state index contributed by atoms with van der Waals surface area (Å²) in [5.41, 5.74) is 2.38. The highest BCUT2D eigenvalue weighted by atomic mass is 16.5. The van der Waals surface area contributed by atoms with E-state index >= 15 is 0 Å². The molecule has 2 aromatic rings. The Balaban J connectivity index is 1.44. The van der Waals surface area contributed by atoms with Crippen LogP contribution in [0.25, 0.3) is 0 Å². The highest BCUT2D eigenvalue weighted by molar-refractivity contribution is 6.47. The molecule has 1 spiro atoms. The number of carbonyl (C=O) groups excluding carboxylic acids is 2. The average Bonchev–Trinajstić information content (AvgIpc) is 3.10. The van der Waals surface area contributed by atoms with Crippen molar-refractivity contribution in [2.75, 3.05) is 31.7 Å². The third-order valence-corrected chi connectivity index (χ3v) is 6.86. The molecule has 5 rings (SSSR count). The molecule has 2 aromatic carbocycles. The predicted molar refractivity (Wildman–Crippen MR) is 126 cm³/mol. The summed E-state index contributed by atoms with van der Waals surface area (Å²) in [5, 5.41) is 0. The Morgan fingerprint density at radius 3 is 2.61 bits per heavy atom. The van der Waals surface area contributed by atoms with Gasteiger partial charge in [0.25, 0.3) is 5.91 Å². The van der Waals surface area contributed by atoms with Crippen LogP contribution in [0.5, 0.6) is 11.5 Å². The molecule has 0 N–H and O–H groups in total. The Hall–Kier alpha value is -3.35. The van der Waals surface area contributed by atoms with E-state index in [-0.39, 0.29) is 18.4 Å². The lowest BCUT2D eigenvalue weighted by Crippen LogP contribution is -2.53. The number of rotatable bonds is 4. The summed E-state index contributed by atoms with van der Waals surface area (Å²) in [6.45, 7) is 2.91. The molecule has 0 atom stereocenters. The molecule has 0 bridgehead atoms. The van der Waals surface area contributed by atoms with Crippen molar-refractivity contribution in [1.82, 2.24) is 4.90 Å². The zero-order valence-corrected chi connectivity index (χ0v) is 19.2. The van der Waals surface area contributed by atoms with Crippen molar-refractivity contribution in [3.63, 3.8) is 0 Å². The van der Waals surface area contributed by atoms with Gasteiger partial charge in [-0.15, -0.1) is 0 Å². The van der Waals surface area contributed by atoms with Crippen LogP contribution in [0.4, 0.5) is 5.69 Å². The van der Waals surface area contributed by atoms with E-state index in [9.17, 15) is 9.59 Å². The Kier molecular flexibility index (Phi) is 5.56. The van der Waals surface area contributed by atoms with Crippen molar-refractivity contribution < 1.29 is 19.1 Å². The van der Waals surface area contributed by atoms with E-state index in [0.717, 1.165) is 54.7 Å². The molecule has 172 valence electrons. The van der Waals surface area contributed by atoms with Crippen molar-refractivity contribution in [2.24, 2.45) is 4.99 Å². The first-order valence-electron chi connectivity index (χ1n) is 11.6. The van der Waals surface area contributed by atoms with Crippen LogP contribution in [-0.4, -0.2) is 54.9 Å². The van der Waals surface area contributed by atoms with E-state index in [1.165, 1.54) is 0 Å². The van der Waals surface area contributed by atoms with Crippen molar-refractivity contribution in [1.29, 1.82) is 0 Å². The molecule has 0 saturated heterocycles. The van der Waals surface area contributed by atoms with Gasteiger partial charge in [-0.2, -0.15) is 0 Å². The summed E-state index contributed by atoms with van der Waals surface area (Å²) < 4.78 is 11.0. The monoisotopic (exact) mass is 447 g/mol. The third kappa shape index (κ3) is 3.86. The van der Waals surface area contributed by atoms with Gasteiger partial charge in [-0.3, -0.25) is 14.6 Å². The van der Waals surface area contributed by atoms with E-state index in [1.807, 2.05) is 49.4 Å². The minimum absolute atomic E-state index is 0.00930. The number of benzene rings is 2. The van der Waals surface area contributed by atoms with Gasteiger partial charge in [0, 0.05) is 5.56 Å². The molecule has 2 heterocycles. The quantitative estimate of drug-likeness (QED) is 0.716. The molecule has 0 radical (unpaired) electrons. The number of carbonyl (C=O) groups is 2. The molecule has 1 saturated carbocycles. The van der Waals surface area contributed by atoms with Crippen LogP contribution >= 0.6 is 0 Å². The van der Waals surface area contributed by atoms with E-state index in [1.54, 1.807) is 16.9 Å². The number of hydrogen-bond donors (Lipinski definition) is 0. The van der Waals surface area contributed by atoms with Crippen LogP contribution in [0.1, 0.15) is 43.2 Å². The molecular formula is C26H29N3O4. The smallest absolute Gasteiger partial charge is 0.275 e. The summed E-state index contributed by atoms with van der Waals surface area (Å²) in [4.78, 5) is 35.6. The molecular weight excluding hydrogens is 418 g/mol. The Morgan fingerprint density at radius 1 is 1.12 bits per heavy atom. The lowest BCUT2D eigenvalue weighted by atomic mass is 9.88. The van der Waals surface area contributed by atoms with E-state index in [2.05, 4.69) is 0 Å². The molecule has 7 heteroatoms. The Morgan fingerprint density at radius 2 is 1.88 bits per heavy atom. The second-order valence-corrected chi connectivity index (χ2v) is 8.99. The van der Waals surface area contributed by atoms with Crippen LogP contribution in [0.2, 0.25) is 0 Å². The predicted octanol–water partition coefficient (Wildman–Crippen LogP) is 3.72. The number of hydrogen-bond acceptors (Lipinski definition) is 5. The van der Waals surface area contributed by atoms with Crippen LogP contribution in [0.3, 0.4) is 0 Å². The fourth-order valence-corrected chi connectivity index (χ4v) is 5.10. The maximum absolute atomic E-state index is 13.6. The largest absolute Gasteiger partial charge is 0.497 e. The molecule has 0 aromatic heterocycles. The lowest BCUT2D eigenvalue weighted by Gasteiger charge is -2.40. The van der Waals surface area contributed by atoms with Crippen molar-refractivity contribution in [3.05, 3.63) is 53.6 Å². The number of ether oxygens (including phenoxy) is 2. The van der Waals surface area contributed by atoms with E-state index in [4.69, 9.17) is 14.5 Å². The van der Waals surface area contributed by atoms with Gasteiger partial charge in [-0.1, -0.05) is 12.5 Å². The number of anilines is 1. The van der Waals surface area contributed by atoms with Gasteiger partial charge < -0.3 is 19.3 Å². The van der Waals surface area contributed by atoms with Crippen molar-refractivity contribution in [2.45, 2.75) is 44.7 Å². The van der Waals surface area contributed by atoms with Crippen LogP contribution in [0.15, 0.2) is 47.5 Å². The van der Waals surface area contributed by atoms with Gasteiger partial charge in [0.2, 0.25) is 5.91 Å². The van der Waals surface area contributed by atoms with Crippen LogP contribution in [-0.2, 0) is 9.59 Å². The van der Waals surface area contributed by atoms with Gasteiger partial charge in [0.15, 0.2) is 0 Å². The maximum atomic E-state index is 13.6. The number of aryl methyl sites for hydroxylation is 1. The zero-order valence-electron chi connectivity index (χ0n) is 19.2. The van der Waals surface area contributed by atoms with Crippen molar-refractivity contribution in [3.8, 4) is 11.5 Å². The molecule has 1 aliphatic carbocycles. The molecule has 0 unspecified atom stereocenters. The van der Waals surface area contributed by atoms with E-state index in [0.29, 0.717) is 24.6 Å². The van der Waals surface area contributed by atoms with Crippen molar-refractivity contribution >= 4 is 23.2 Å². The summed E-state index contributed by atoms with van der Waals surface area (Å²) in [6.07, 6.45) is 4.68. The van der Waals surface area contributed by atoms with Gasteiger partial charge >= 0.3 is 0 Å². The second-order valence-electron chi connectivity index (χ2n) is 8.99. The maximum Gasteiger partial charge on any atom is 0.275 e. The summed E-state index contributed by atoms with van der Waals surface area (Å²) in [5.74, 6) is 1.16. The second kappa shape index (κ2) is 8.54. The SMILES string of the molecule is COc1ccc(C2=NC3(CCCCC3)N(CC(=O)N3CCOc4ccc(C)cc43)C2=O)cc1. The molecule has 2 amide bonds. The first-order valence-corrected chi connectivity index (χ1v) is 11.6. The fourth-order valence-electron chi connectivity index (χ4n) is 5.10. The fraction of sp³-hybridized carbons (Fsp3) is 0.423. The number of nitrogens with zero attached hydrogens (tertiary/aromatic N) is 3. The Labute approximate surface area is 194 Å². The molecule has 7 nitrogen and oxygen atoms in total. The summed E-state index contributed by atoms with van der Waals surface area (Å²) in [6, 6.07) is 13.2. The molecule has 2 aliphatic heterocycles. The number of aliphatic imine (C=N–C) groups is 1. The van der Waals surface area contributed by atoms with Gasteiger partial charge in [0.05, 0.1) is 19.3 Å². The summed E-state index contributed by atoms with van der Waals surface area (Å²) in [7, 11) is 1.61. The first kappa shape index (κ1) is 21.5. The van der Waals surface area contributed by atoms with E-state index < -0.39 is 5.66 Å². The standard InChI is InChI=1S/C26H29N3O4/c1-18-6-11-22-21(16-18)28(14-15-33-22)23(30)17-29-25(31)24(19-7-9-20(32-2)10-8-19)27-26(29)12-4-3-5-13-26/h6-11,16H,3-5,12-15,17H2,1-2H3. The third-order valence-electron chi connectivity index (χ3n) is 6.86. The Bertz CT molecular complexity index is 1100. The molecule has 3 aliphatic rings. The van der Waals surface area contributed by atoms with Gasteiger partial charge in [-0.25, -0.2) is 0 Å². The highest BCUT2D eigenvalue weighted by Gasteiger charge is 2.48. The zero-order chi connectivity index (χ0) is 23.0. The average molecular weight is 448 g/mol. The summed E-state index contributed by atoms with van der Waals surface area (Å²) >= 11 is 0. The van der Waals surface area contributed by atoms with Crippen LogP contribution < -0.4 is 14.4 Å². The normalized spacial score (nSPS) is 19.2. The molecule has 33 heavy (non-hydrogen) atoms. The number of methoxy groups -OCH3 is 1. The van der Waals surface area contributed by atoms with Gasteiger partial charge in [-0.05, 0) is 74.6 Å². The topological polar surface area (TPSA) is 71.4 Å².